The highest BCUT2D eigenvalue weighted by molar-refractivity contribution is 8.40. The van der Waals surface area contributed by atoms with Crippen LogP contribution in [0.5, 0.6) is 0 Å². The fourth-order valence-electron chi connectivity index (χ4n) is 3.49. The summed E-state index contributed by atoms with van der Waals surface area (Å²) in [6.45, 7) is 5.80. The van der Waals surface area contributed by atoms with Gasteiger partial charge in [-0.1, -0.05) is 13.8 Å². The van der Waals surface area contributed by atoms with E-state index in [0.717, 1.165) is 22.0 Å². The van der Waals surface area contributed by atoms with Gasteiger partial charge in [-0.25, -0.2) is 4.79 Å². The summed E-state index contributed by atoms with van der Waals surface area (Å²) in [6.07, 6.45) is 1.38. The van der Waals surface area contributed by atoms with Gasteiger partial charge >= 0.3 is 11.9 Å². The van der Waals surface area contributed by atoms with Crippen molar-refractivity contribution in [3.63, 3.8) is 0 Å². The van der Waals surface area contributed by atoms with Gasteiger partial charge in [-0.05, 0) is 48.2 Å². The van der Waals surface area contributed by atoms with Gasteiger partial charge in [0.2, 0.25) is 0 Å². The quantitative estimate of drug-likeness (QED) is 0.740. The molecule has 0 saturated carbocycles. The minimum atomic E-state index is -1.52. The second kappa shape index (κ2) is 5.09. The van der Waals surface area contributed by atoms with Gasteiger partial charge in [0.1, 0.15) is 0 Å². The minimum Gasteiger partial charge on any atom is -0.481 e. The van der Waals surface area contributed by atoms with Gasteiger partial charge in [-0.3, -0.25) is 4.79 Å². The summed E-state index contributed by atoms with van der Waals surface area (Å²) in [7, 11) is -1.52. The standard InChI is InChI=1S/C15H23NO4S/c1-4-21(5-2)10-8-15(3,14(19)20)7-6-9(10)11(12(21)16)13(17)18/h4-8,16H2,1-3H3,(H,17,18)(H,19,20). The monoisotopic (exact) mass is 313 g/mol. The van der Waals surface area contributed by atoms with Crippen molar-refractivity contribution in [2.75, 3.05) is 11.5 Å². The van der Waals surface area contributed by atoms with Crippen molar-refractivity contribution in [2.24, 2.45) is 11.1 Å². The van der Waals surface area contributed by atoms with Gasteiger partial charge in [-0.15, -0.1) is 0 Å². The molecule has 1 heterocycles. The molecule has 0 amide bonds. The molecule has 0 bridgehead atoms. The second-order valence-electron chi connectivity index (χ2n) is 5.95. The Hall–Kier alpha value is -1.43. The third-order valence-electron chi connectivity index (χ3n) is 4.97. The molecule has 0 fully saturated rings. The Labute approximate surface area is 126 Å². The van der Waals surface area contributed by atoms with Gasteiger partial charge in [0, 0.05) is 0 Å². The first-order chi connectivity index (χ1) is 9.73. The van der Waals surface area contributed by atoms with E-state index in [1.54, 1.807) is 6.92 Å². The Balaban J connectivity index is 2.61. The van der Waals surface area contributed by atoms with Crippen molar-refractivity contribution in [3.8, 4) is 0 Å². The van der Waals surface area contributed by atoms with Crippen molar-refractivity contribution < 1.29 is 19.8 Å². The average molecular weight is 313 g/mol. The Kier molecular flexibility index (Phi) is 3.86. The molecule has 5 nitrogen and oxygen atoms in total. The highest BCUT2D eigenvalue weighted by atomic mass is 32.3. The molecule has 21 heavy (non-hydrogen) atoms. The number of carboxylic acid groups (broad SMARTS) is 2. The molecule has 0 saturated heterocycles. The molecule has 6 heteroatoms. The third kappa shape index (κ3) is 2.08. The highest BCUT2D eigenvalue weighted by Gasteiger charge is 2.49. The second-order valence-corrected chi connectivity index (χ2v) is 9.80. The van der Waals surface area contributed by atoms with Gasteiger partial charge in [0.25, 0.3) is 0 Å². The zero-order valence-electron chi connectivity index (χ0n) is 12.7. The average Bonchev–Trinajstić information content (AvgIpc) is 2.66. The van der Waals surface area contributed by atoms with Gasteiger partial charge in [0.15, 0.2) is 0 Å². The molecule has 1 atom stereocenters. The highest BCUT2D eigenvalue weighted by Crippen LogP contribution is 2.70. The molecule has 0 aromatic carbocycles. The maximum atomic E-state index is 11.6. The van der Waals surface area contributed by atoms with Crippen LogP contribution in [0.15, 0.2) is 21.1 Å². The zero-order valence-corrected chi connectivity index (χ0v) is 13.5. The number of aliphatic carboxylic acids is 2. The predicted octanol–water partition coefficient (Wildman–Crippen LogP) is 2.63. The van der Waals surface area contributed by atoms with E-state index in [1.807, 2.05) is 13.8 Å². The Morgan fingerprint density at radius 3 is 2.29 bits per heavy atom. The van der Waals surface area contributed by atoms with Crippen LogP contribution in [-0.2, 0) is 9.59 Å². The molecule has 2 rings (SSSR count). The van der Waals surface area contributed by atoms with E-state index in [9.17, 15) is 19.8 Å². The summed E-state index contributed by atoms with van der Waals surface area (Å²) in [6, 6.07) is 0. The van der Waals surface area contributed by atoms with Crippen molar-refractivity contribution in [1.82, 2.24) is 0 Å². The normalized spacial score (nSPS) is 29.3. The van der Waals surface area contributed by atoms with Crippen LogP contribution in [0.4, 0.5) is 0 Å². The van der Waals surface area contributed by atoms with E-state index in [-0.39, 0.29) is 5.57 Å². The zero-order chi connectivity index (χ0) is 16.0. The van der Waals surface area contributed by atoms with Crippen molar-refractivity contribution >= 4 is 22.0 Å². The summed E-state index contributed by atoms with van der Waals surface area (Å²) >= 11 is 0. The molecule has 2 aliphatic rings. The van der Waals surface area contributed by atoms with E-state index in [0.29, 0.717) is 24.3 Å². The molecule has 0 aromatic heterocycles. The van der Waals surface area contributed by atoms with Crippen LogP contribution in [0.1, 0.15) is 40.0 Å². The maximum absolute atomic E-state index is 11.6. The molecule has 0 spiro atoms. The molecule has 0 radical (unpaired) electrons. The molecule has 118 valence electrons. The van der Waals surface area contributed by atoms with E-state index in [4.69, 9.17) is 5.73 Å². The number of allylic oxidation sites excluding steroid dienone is 1. The molecule has 1 unspecified atom stereocenters. The third-order valence-corrected chi connectivity index (χ3v) is 9.32. The van der Waals surface area contributed by atoms with E-state index >= 15 is 0 Å². The van der Waals surface area contributed by atoms with Crippen LogP contribution in [0.2, 0.25) is 0 Å². The number of hydrogen-bond acceptors (Lipinski definition) is 3. The lowest BCUT2D eigenvalue weighted by molar-refractivity contribution is -0.148. The van der Waals surface area contributed by atoms with Crippen molar-refractivity contribution in [2.45, 2.75) is 40.0 Å². The molecule has 1 aliphatic heterocycles. The van der Waals surface area contributed by atoms with Crippen LogP contribution >= 0.6 is 10.0 Å². The number of hydrogen-bond donors (Lipinski definition) is 3. The minimum absolute atomic E-state index is 0.260. The predicted molar refractivity (Wildman–Crippen MR) is 84.1 cm³/mol. The number of rotatable bonds is 4. The van der Waals surface area contributed by atoms with E-state index < -0.39 is 27.4 Å². The summed E-state index contributed by atoms with van der Waals surface area (Å²) < 4.78 is 0. The van der Waals surface area contributed by atoms with Crippen LogP contribution < -0.4 is 5.73 Å². The Morgan fingerprint density at radius 1 is 1.29 bits per heavy atom. The van der Waals surface area contributed by atoms with Crippen molar-refractivity contribution in [1.29, 1.82) is 0 Å². The fourth-order valence-corrected chi connectivity index (χ4v) is 7.35. The first kappa shape index (κ1) is 15.9. The summed E-state index contributed by atoms with van der Waals surface area (Å²) in [5.41, 5.74) is 6.52. The Bertz CT molecular complexity index is 574. The first-order valence-electron chi connectivity index (χ1n) is 7.21. The van der Waals surface area contributed by atoms with Crippen LogP contribution in [-0.4, -0.2) is 33.7 Å². The van der Waals surface area contributed by atoms with Crippen LogP contribution in [0, 0.1) is 5.41 Å². The summed E-state index contributed by atoms with van der Waals surface area (Å²) in [4.78, 5) is 24.2. The molecule has 1 aliphatic carbocycles. The summed E-state index contributed by atoms with van der Waals surface area (Å²) in [5, 5.41) is 19.5. The molecule has 0 aromatic rings. The van der Waals surface area contributed by atoms with Gasteiger partial charge < -0.3 is 15.9 Å². The summed E-state index contributed by atoms with van der Waals surface area (Å²) in [5.74, 6) is -0.228. The van der Waals surface area contributed by atoms with Crippen LogP contribution in [0.3, 0.4) is 0 Å². The number of nitrogens with two attached hydrogens (primary N) is 1. The van der Waals surface area contributed by atoms with Crippen molar-refractivity contribution in [3.05, 3.63) is 21.1 Å². The first-order valence-corrected chi connectivity index (χ1v) is 9.18. The number of carboxylic acids is 2. The smallest absolute Gasteiger partial charge is 0.338 e. The SMILES string of the molecule is CCS1(CC)C(N)=C(C(=O)O)C2=C1CC(C)(C(=O)O)CC2. The van der Waals surface area contributed by atoms with Gasteiger partial charge in [-0.2, -0.15) is 10.0 Å². The maximum Gasteiger partial charge on any atom is 0.338 e. The van der Waals surface area contributed by atoms with Gasteiger partial charge in [0.05, 0.1) is 16.0 Å². The topological polar surface area (TPSA) is 101 Å². The molecule has 4 N–H and O–H groups in total. The van der Waals surface area contributed by atoms with Crippen LogP contribution in [0.25, 0.3) is 0 Å². The number of carbonyl (C=O) groups is 2. The van der Waals surface area contributed by atoms with E-state index in [1.165, 1.54) is 0 Å². The lowest BCUT2D eigenvalue weighted by Gasteiger charge is -2.42. The largest absolute Gasteiger partial charge is 0.481 e. The lowest BCUT2D eigenvalue weighted by atomic mass is 9.75. The molecular formula is C15H23NO4S. The fraction of sp³-hybridized carbons (Fsp3) is 0.600. The van der Waals surface area contributed by atoms with E-state index in [2.05, 4.69) is 0 Å². The lowest BCUT2D eigenvalue weighted by Crippen LogP contribution is -2.32. The Morgan fingerprint density at radius 2 is 1.86 bits per heavy atom. The molecular weight excluding hydrogens is 290 g/mol.